The van der Waals surface area contributed by atoms with Crippen molar-refractivity contribution in [1.82, 2.24) is 25.2 Å². The van der Waals surface area contributed by atoms with E-state index in [2.05, 4.69) is 25.9 Å². The van der Waals surface area contributed by atoms with Gasteiger partial charge in [0, 0.05) is 30.6 Å². The highest BCUT2D eigenvalue weighted by Crippen LogP contribution is 2.38. The molecular formula is C29H33F7N6O3. The first kappa shape index (κ1) is 33.8. The number of rotatable bonds is 9. The summed E-state index contributed by atoms with van der Waals surface area (Å²) < 4.78 is 102. The van der Waals surface area contributed by atoms with E-state index in [1.54, 1.807) is 20.8 Å². The summed E-state index contributed by atoms with van der Waals surface area (Å²) in [6, 6.07) is 2.78. The van der Waals surface area contributed by atoms with Crippen molar-refractivity contribution in [2.45, 2.75) is 71.6 Å². The van der Waals surface area contributed by atoms with Gasteiger partial charge in [0.2, 0.25) is 17.7 Å². The van der Waals surface area contributed by atoms with Gasteiger partial charge < -0.3 is 20.7 Å². The van der Waals surface area contributed by atoms with E-state index in [0.29, 0.717) is 0 Å². The summed E-state index contributed by atoms with van der Waals surface area (Å²) in [5.41, 5.74) is -1.59. The summed E-state index contributed by atoms with van der Waals surface area (Å²) in [7, 11) is 1.42. The van der Waals surface area contributed by atoms with E-state index < -0.39 is 65.7 Å². The molecule has 3 aromatic rings. The van der Waals surface area contributed by atoms with Gasteiger partial charge in [-0.25, -0.2) is 22.5 Å². The fourth-order valence-electron chi connectivity index (χ4n) is 4.85. The Morgan fingerprint density at radius 1 is 1.07 bits per heavy atom. The van der Waals surface area contributed by atoms with Crippen molar-refractivity contribution in [3.8, 4) is 5.88 Å². The van der Waals surface area contributed by atoms with Crippen molar-refractivity contribution >= 4 is 34.6 Å². The number of alkyl halides is 5. The Bertz CT molecular complexity index is 1560. The van der Waals surface area contributed by atoms with E-state index in [-0.39, 0.29) is 66.4 Å². The third-order valence-electron chi connectivity index (χ3n) is 7.45. The molecule has 0 aliphatic heterocycles. The fourth-order valence-corrected chi connectivity index (χ4v) is 4.85. The van der Waals surface area contributed by atoms with Gasteiger partial charge in [0.1, 0.15) is 22.6 Å². The lowest BCUT2D eigenvalue weighted by Gasteiger charge is -2.30. The minimum Gasteiger partial charge on any atom is -0.471 e. The van der Waals surface area contributed by atoms with Crippen LogP contribution in [0.4, 0.5) is 42.4 Å². The summed E-state index contributed by atoms with van der Waals surface area (Å²) in [5.74, 6) is -5.20. The number of aryl methyl sites for hydroxylation is 1. The summed E-state index contributed by atoms with van der Waals surface area (Å²) in [4.78, 5) is 33.8. The fraction of sp³-hybridized carbons (Fsp3) is 0.517. The Labute approximate surface area is 253 Å². The second-order valence-electron chi connectivity index (χ2n) is 11.9. The molecule has 0 radical (unpaired) electrons. The van der Waals surface area contributed by atoms with Crippen molar-refractivity contribution in [3.63, 3.8) is 0 Å². The van der Waals surface area contributed by atoms with Gasteiger partial charge in [-0.15, -0.1) is 0 Å². The number of nitrogens with zero attached hydrogens (tertiary/aromatic N) is 3. The Hall–Kier alpha value is -4.11. The van der Waals surface area contributed by atoms with E-state index in [0.717, 1.165) is 6.07 Å². The normalized spacial score (nSPS) is 17.4. The number of pyridine rings is 1. The van der Waals surface area contributed by atoms with Crippen LogP contribution in [0.1, 0.15) is 62.4 Å². The van der Waals surface area contributed by atoms with Gasteiger partial charge in [-0.2, -0.15) is 18.2 Å². The summed E-state index contributed by atoms with van der Waals surface area (Å²) in [5, 5.41) is 7.76. The molecule has 0 saturated heterocycles. The van der Waals surface area contributed by atoms with Gasteiger partial charge in [0.15, 0.2) is 18.1 Å². The SMILES string of the molecule is Cn1c(Nc2c(F)ccc(CNC(=O)C(C)(C)C)c2F)nc2cc(C(=O)N[C@H]3CC[C@H](C(F)(F)F)CC3)c(OCC(F)F)nc21. The number of hydrogen-bond acceptors (Lipinski definition) is 6. The molecule has 1 fully saturated rings. The molecule has 0 spiro atoms. The molecule has 2 heterocycles. The minimum absolute atomic E-state index is 0.0124. The molecule has 1 aromatic carbocycles. The van der Waals surface area contributed by atoms with E-state index in [1.165, 1.54) is 23.7 Å². The average Bonchev–Trinajstić information content (AvgIpc) is 3.26. The highest BCUT2D eigenvalue weighted by Gasteiger charge is 2.41. The first-order valence-corrected chi connectivity index (χ1v) is 14.1. The molecule has 0 atom stereocenters. The van der Waals surface area contributed by atoms with Crippen LogP contribution in [0, 0.1) is 23.0 Å². The zero-order valence-electron chi connectivity index (χ0n) is 24.9. The second kappa shape index (κ2) is 13.1. The number of fused-ring (bicyclic) bond motifs is 1. The quantitative estimate of drug-likeness (QED) is 0.241. The number of benzene rings is 1. The molecule has 246 valence electrons. The predicted octanol–water partition coefficient (Wildman–Crippen LogP) is 6.15. The molecule has 1 aliphatic carbocycles. The van der Waals surface area contributed by atoms with E-state index in [1.807, 2.05) is 0 Å². The van der Waals surface area contributed by atoms with Gasteiger partial charge in [-0.05, 0) is 37.8 Å². The first-order valence-electron chi connectivity index (χ1n) is 14.1. The van der Waals surface area contributed by atoms with Gasteiger partial charge in [0.25, 0.3) is 12.3 Å². The van der Waals surface area contributed by atoms with Gasteiger partial charge >= 0.3 is 6.18 Å². The number of anilines is 2. The smallest absolute Gasteiger partial charge is 0.391 e. The number of carbonyl (C=O) groups excluding carboxylic acids is 2. The highest BCUT2D eigenvalue weighted by molar-refractivity contribution is 5.99. The van der Waals surface area contributed by atoms with Crippen LogP contribution in [0.15, 0.2) is 18.2 Å². The van der Waals surface area contributed by atoms with Crippen LogP contribution in [-0.4, -0.2) is 51.6 Å². The zero-order chi connectivity index (χ0) is 33.3. The van der Waals surface area contributed by atoms with Gasteiger partial charge in [-0.3, -0.25) is 14.2 Å². The summed E-state index contributed by atoms with van der Waals surface area (Å²) in [6.07, 6.45) is -7.47. The number of hydrogen-bond donors (Lipinski definition) is 3. The third kappa shape index (κ3) is 7.95. The standard InChI is InChI=1S/C29H33F7N6O3/c1-28(2,3)26(44)37-12-14-5-10-18(30)22(21(14)33)40-27-39-19-11-17(25(45-13-20(31)32)41-23(19)42(27)4)24(43)38-16-8-6-15(7-9-16)29(34,35)36/h5,10-11,15-16,20H,6-9,12-13H2,1-4H3,(H,37,44)(H,38,43)(H,39,40)/t15-,16-. The third-order valence-corrected chi connectivity index (χ3v) is 7.45. The maximum absolute atomic E-state index is 15.4. The topological polar surface area (TPSA) is 110 Å². The number of nitrogens with one attached hydrogen (secondary N) is 3. The molecule has 4 rings (SSSR count). The number of amides is 2. The number of aromatic nitrogens is 3. The minimum atomic E-state index is -4.33. The monoisotopic (exact) mass is 646 g/mol. The van der Waals surface area contributed by atoms with Crippen molar-refractivity contribution in [1.29, 1.82) is 0 Å². The van der Waals surface area contributed by atoms with Crippen LogP contribution in [0.25, 0.3) is 11.2 Å². The molecule has 9 nitrogen and oxygen atoms in total. The number of carbonyl (C=O) groups is 2. The van der Waals surface area contributed by atoms with Crippen molar-refractivity contribution in [2.24, 2.45) is 18.4 Å². The molecular weight excluding hydrogens is 613 g/mol. The zero-order valence-corrected chi connectivity index (χ0v) is 24.9. The van der Waals surface area contributed by atoms with Crippen molar-refractivity contribution in [3.05, 3.63) is 41.0 Å². The molecule has 2 amide bonds. The highest BCUT2D eigenvalue weighted by atomic mass is 19.4. The van der Waals surface area contributed by atoms with Crippen LogP contribution in [0.3, 0.4) is 0 Å². The Balaban J connectivity index is 1.61. The van der Waals surface area contributed by atoms with Gasteiger partial charge in [0.05, 0.1) is 5.92 Å². The summed E-state index contributed by atoms with van der Waals surface area (Å²) in [6.45, 7) is 3.71. The van der Waals surface area contributed by atoms with Crippen LogP contribution in [-0.2, 0) is 18.4 Å². The number of imidazole rings is 1. The van der Waals surface area contributed by atoms with E-state index >= 15 is 4.39 Å². The van der Waals surface area contributed by atoms with E-state index in [4.69, 9.17) is 4.74 Å². The predicted molar refractivity (Wildman–Crippen MR) is 150 cm³/mol. The molecule has 3 N–H and O–H groups in total. The van der Waals surface area contributed by atoms with Gasteiger partial charge in [-0.1, -0.05) is 26.8 Å². The maximum atomic E-state index is 15.4. The number of halogens is 7. The molecule has 1 saturated carbocycles. The van der Waals surface area contributed by atoms with Crippen LogP contribution in [0.5, 0.6) is 5.88 Å². The number of ether oxygens (including phenoxy) is 1. The lowest BCUT2D eigenvalue weighted by Crippen LogP contribution is -2.40. The second-order valence-corrected chi connectivity index (χ2v) is 11.9. The first-order chi connectivity index (χ1) is 21.0. The Morgan fingerprint density at radius 2 is 1.73 bits per heavy atom. The Kier molecular flexibility index (Phi) is 9.82. The average molecular weight is 647 g/mol. The molecule has 2 aromatic heterocycles. The maximum Gasteiger partial charge on any atom is 0.391 e. The van der Waals surface area contributed by atoms with Crippen molar-refractivity contribution in [2.75, 3.05) is 11.9 Å². The van der Waals surface area contributed by atoms with Crippen LogP contribution in [0.2, 0.25) is 0 Å². The van der Waals surface area contributed by atoms with E-state index in [9.17, 15) is 35.9 Å². The lowest BCUT2D eigenvalue weighted by atomic mass is 9.85. The molecule has 1 aliphatic rings. The largest absolute Gasteiger partial charge is 0.471 e. The Morgan fingerprint density at radius 3 is 2.33 bits per heavy atom. The summed E-state index contributed by atoms with van der Waals surface area (Å²) >= 11 is 0. The van der Waals surface area contributed by atoms with Crippen LogP contribution >= 0.6 is 0 Å². The molecule has 45 heavy (non-hydrogen) atoms. The molecule has 16 heteroatoms. The van der Waals surface area contributed by atoms with Crippen LogP contribution < -0.4 is 20.7 Å². The molecule has 0 bridgehead atoms. The lowest BCUT2D eigenvalue weighted by molar-refractivity contribution is -0.182. The molecule has 0 unspecified atom stereocenters. The van der Waals surface area contributed by atoms with Crippen molar-refractivity contribution < 1.29 is 45.1 Å².